The largest absolute Gasteiger partial charge is 0.481 e. The molecule has 1 fully saturated rings. The lowest BCUT2D eigenvalue weighted by atomic mass is 9.74. The summed E-state index contributed by atoms with van der Waals surface area (Å²) in [6.07, 6.45) is 5.19. The molecule has 5 nitrogen and oxygen atoms in total. The Morgan fingerprint density at radius 1 is 1.16 bits per heavy atom. The van der Waals surface area contributed by atoms with Crippen LogP contribution in [0.1, 0.15) is 46.0 Å². The lowest BCUT2D eigenvalue weighted by molar-refractivity contribution is -0.146. The number of amides is 1. The van der Waals surface area contributed by atoms with Gasteiger partial charge in [0, 0.05) is 17.9 Å². The van der Waals surface area contributed by atoms with E-state index in [1.807, 2.05) is 0 Å². The number of hydrogen-bond donors (Lipinski definition) is 3. The first kappa shape index (κ1) is 16.0. The van der Waals surface area contributed by atoms with Crippen molar-refractivity contribution in [3.8, 4) is 0 Å². The minimum absolute atomic E-state index is 0.0795. The third kappa shape index (κ3) is 4.20. The number of aliphatic hydroxyl groups excluding tert-OH is 1. The first-order valence-electron chi connectivity index (χ1n) is 7.03. The first-order valence-corrected chi connectivity index (χ1v) is 7.03. The quantitative estimate of drug-likeness (QED) is 0.681. The van der Waals surface area contributed by atoms with E-state index < -0.39 is 17.8 Å². The highest BCUT2D eigenvalue weighted by atomic mass is 16.4. The number of aliphatic carboxylic acids is 1. The summed E-state index contributed by atoms with van der Waals surface area (Å²) in [5, 5.41) is 21.3. The molecule has 0 heterocycles. The van der Waals surface area contributed by atoms with Gasteiger partial charge >= 0.3 is 5.97 Å². The van der Waals surface area contributed by atoms with Crippen molar-refractivity contribution in [2.75, 3.05) is 13.2 Å². The molecule has 5 heteroatoms. The summed E-state index contributed by atoms with van der Waals surface area (Å²) in [6, 6.07) is 0. The molecule has 0 bridgehead atoms. The van der Waals surface area contributed by atoms with Gasteiger partial charge in [-0.25, -0.2) is 0 Å². The van der Waals surface area contributed by atoms with Gasteiger partial charge in [-0.3, -0.25) is 9.59 Å². The normalized spacial score (nSPS) is 21.4. The number of aliphatic hydroxyl groups is 1. The van der Waals surface area contributed by atoms with Crippen LogP contribution >= 0.6 is 0 Å². The lowest BCUT2D eigenvalue weighted by Gasteiger charge is -2.36. The Hall–Kier alpha value is -1.10. The zero-order valence-electron chi connectivity index (χ0n) is 11.8. The standard InChI is InChI=1S/C14H25NO4/c1-10(11(2)13(18)19)12(17)15-8-14(9-16)6-4-3-5-7-14/h10-11,16H,3-9H2,1-2H3,(H,15,17)(H,18,19). The molecule has 3 N–H and O–H groups in total. The number of nitrogens with one attached hydrogen (secondary N) is 1. The summed E-state index contributed by atoms with van der Waals surface area (Å²) in [5.41, 5.74) is -0.208. The Morgan fingerprint density at radius 2 is 1.74 bits per heavy atom. The fourth-order valence-electron chi connectivity index (χ4n) is 2.57. The van der Waals surface area contributed by atoms with E-state index in [-0.39, 0.29) is 17.9 Å². The van der Waals surface area contributed by atoms with Crippen molar-refractivity contribution in [3.63, 3.8) is 0 Å². The van der Waals surface area contributed by atoms with Gasteiger partial charge in [-0.05, 0) is 12.8 Å². The molecule has 0 aromatic rings. The van der Waals surface area contributed by atoms with Crippen LogP contribution < -0.4 is 5.32 Å². The van der Waals surface area contributed by atoms with Gasteiger partial charge < -0.3 is 15.5 Å². The Morgan fingerprint density at radius 3 is 2.21 bits per heavy atom. The van der Waals surface area contributed by atoms with Crippen molar-refractivity contribution in [2.45, 2.75) is 46.0 Å². The average Bonchev–Trinajstić information content (AvgIpc) is 2.44. The Kier molecular flexibility index (Phi) is 5.79. The second-order valence-corrected chi connectivity index (χ2v) is 5.85. The number of carboxylic acid groups (broad SMARTS) is 1. The van der Waals surface area contributed by atoms with Gasteiger partial charge in [0.05, 0.1) is 12.5 Å². The summed E-state index contributed by atoms with van der Waals surface area (Å²) in [4.78, 5) is 22.8. The maximum atomic E-state index is 11.9. The highest BCUT2D eigenvalue weighted by molar-refractivity contribution is 5.84. The molecule has 0 aliphatic heterocycles. The van der Waals surface area contributed by atoms with E-state index in [1.54, 1.807) is 6.92 Å². The maximum Gasteiger partial charge on any atom is 0.307 e. The summed E-state index contributed by atoms with van der Waals surface area (Å²) in [5.74, 6) is -2.46. The third-order valence-electron chi connectivity index (χ3n) is 4.44. The van der Waals surface area contributed by atoms with Crippen molar-refractivity contribution >= 4 is 11.9 Å². The Bertz CT molecular complexity index is 323. The second-order valence-electron chi connectivity index (χ2n) is 5.85. The minimum atomic E-state index is -0.961. The van der Waals surface area contributed by atoms with Gasteiger partial charge in [0.25, 0.3) is 0 Å². The monoisotopic (exact) mass is 271 g/mol. The van der Waals surface area contributed by atoms with Crippen LogP contribution in [-0.4, -0.2) is 35.2 Å². The van der Waals surface area contributed by atoms with Crippen molar-refractivity contribution in [1.82, 2.24) is 5.32 Å². The highest BCUT2D eigenvalue weighted by Gasteiger charge is 2.33. The molecule has 110 valence electrons. The van der Waals surface area contributed by atoms with Crippen molar-refractivity contribution < 1.29 is 19.8 Å². The maximum absolute atomic E-state index is 11.9. The van der Waals surface area contributed by atoms with Crippen LogP contribution in [-0.2, 0) is 9.59 Å². The zero-order valence-corrected chi connectivity index (χ0v) is 11.8. The van der Waals surface area contributed by atoms with Crippen molar-refractivity contribution in [3.05, 3.63) is 0 Å². The molecule has 19 heavy (non-hydrogen) atoms. The van der Waals surface area contributed by atoms with Gasteiger partial charge in [-0.2, -0.15) is 0 Å². The fourth-order valence-corrected chi connectivity index (χ4v) is 2.57. The SMILES string of the molecule is CC(C(=O)O)C(C)C(=O)NCC1(CO)CCCCC1. The van der Waals surface area contributed by atoms with Gasteiger partial charge in [0.1, 0.15) is 0 Å². The minimum Gasteiger partial charge on any atom is -0.481 e. The Balaban J connectivity index is 2.50. The predicted octanol–water partition coefficient (Wildman–Crippen LogP) is 1.40. The van der Waals surface area contributed by atoms with Crippen LogP contribution in [0.4, 0.5) is 0 Å². The van der Waals surface area contributed by atoms with E-state index >= 15 is 0 Å². The Labute approximate surface area is 114 Å². The fraction of sp³-hybridized carbons (Fsp3) is 0.857. The highest BCUT2D eigenvalue weighted by Crippen LogP contribution is 2.35. The van der Waals surface area contributed by atoms with Gasteiger partial charge in [-0.15, -0.1) is 0 Å². The molecule has 1 amide bonds. The summed E-state index contributed by atoms with van der Waals surface area (Å²) in [6.45, 7) is 3.69. The second kappa shape index (κ2) is 6.89. The van der Waals surface area contributed by atoms with Crippen LogP contribution in [0.15, 0.2) is 0 Å². The van der Waals surface area contributed by atoms with Crippen LogP contribution in [0.25, 0.3) is 0 Å². The third-order valence-corrected chi connectivity index (χ3v) is 4.44. The first-order chi connectivity index (χ1) is 8.92. The molecule has 1 saturated carbocycles. The molecule has 2 atom stereocenters. The molecule has 0 aromatic heterocycles. The van der Waals surface area contributed by atoms with Gasteiger partial charge in [0.15, 0.2) is 0 Å². The van der Waals surface area contributed by atoms with Crippen LogP contribution in [0.5, 0.6) is 0 Å². The molecule has 0 radical (unpaired) electrons. The van der Waals surface area contributed by atoms with E-state index in [2.05, 4.69) is 5.32 Å². The molecule has 1 rings (SSSR count). The van der Waals surface area contributed by atoms with E-state index in [1.165, 1.54) is 13.3 Å². The number of hydrogen-bond acceptors (Lipinski definition) is 3. The van der Waals surface area contributed by atoms with Crippen molar-refractivity contribution in [2.24, 2.45) is 17.3 Å². The number of carboxylic acids is 1. The molecule has 0 spiro atoms. The summed E-state index contributed by atoms with van der Waals surface area (Å²) >= 11 is 0. The van der Waals surface area contributed by atoms with Crippen LogP contribution in [0.3, 0.4) is 0 Å². The van der Waals surface area contributed by atoms with Crippen LogP contribution in [0, 0.1) is 17.3 Å². The number of carbonyl (C=O) groups is 2. The average molecular weight is 271 g/mol. The number of rotatable bonds is 6. The zero-order chi connectivity index (χ0) is 14.5. The van der Waals surface area contributed by atoms with Crippen LogP contribution in [0.2, 0.25) is 0 Å². The molecule has 2 unspecified atom stereocenters. The van der Waals surface area contributed by atoms with E-state index in [4.69, 9.17) is 5.11 Å². The van der Waals surface area contributed by atoms with E-state index in [9.17, 15) is 14.7 Å². The van der Waals surface area contributed by atoms with Crippen molar-refractivity contribution in [1.29, 1.82) is 0 Å². The molecule has 0 aromatic carbocycles. The summed E-state index contributed by atoms with van der Waals surface area (Å²) in [7, 11) is 0. The van der Waals surface area contributed by atoms with E-state index in [0.717, 1.165) is 25.7 Å². The van der Waals surface area contributed by atoms with Gasteiger partial charge in [-0.1, -0.05) is 33.1 Å². The molecular weight excluding hydrogens is 246 g/mol. The molecule has 1 aliphatic carbocycles. The predicted molar refractivity (Wildman–Crippen MR) is 71.6 cm³/mol. The topological polar surface area (TPSA) is 86.6 Å². The molecule has 1 aliphatic rings. The number of carbonyl (C=O) groups excluding carboxylic acids is 1. The molecular formula is C14H25NO4. The molecule has 0 saturated heterocycles. The van der Waals surface area contributed by atoms with Gasteiger partial charge in [0.2, 0.25) is 5.91 Å². The summed E-state index contributed by atoms with van der Waals surface area (Å²) < 4.78 is 0. The lowest BCUT2D eigenvalue weighted by Crippen LogP contribution is -2.44. The van der Waals surface area contributed by atoms with E-state index in [0.29, 0.717) is 6.54 Å². The smallest absolute Gasteiger partial charge is 0.307 e.